The van der Waals surface area contributed by atoms with Crippen molar-refractivity contribution in [2.45, 2.75) is 13.3 Å². The maximum absolute atomic E-state index is 12.9. The van der Waals surface area contributed by atoms with Gasteiger partial charge >= 0.3 is 0 Å². The summed E-state index contributed by atoms with van der Waals surface area (Å²) in [5.74, 6) is 1.10. The van der Waals surface area contributed by atoms with Crippen LogP contribution in [0.5, 0.6) is 5.75 Å². The second kappa shape index (κ2) is 8.79. The molecule has 1 N–H and O–H groups in total. The van der Waals surface area contributed by atoms with Gasteiger partial charge < -0.3 is 19.9 Å². The minimum Gasteiger partial charge on any atom is -0.497 e. The molecule has 3 amide bonds. The Balaban J connectivity index is 1.34. The quantitative estimate of drug-likeness (QED) is 0.805. The monoisotopic (exact) mass is 421 g/mol. The zero-order chi connectivity index (χ0) is 22.0. The Kier molecular flexibility index (Phi) is 5.93. The molecule has 1 saturated heterocycles. The van der Waals surface area contributed by atoms with Gasteiger partial charge in [0.05, 0.1) is 7.11 Å². The second-order valence-corrected chi connectivity index (χ2v) is 8.20. The van der Waals surface area contributed by atoms with Crippen LogP contribution in [0.1, 0.15) is 34.1 Å². The number of methoxy groups -OCH3 is 1. The van der Waals surface area contributed by atoms with Gasteiger partial charge in [0.2, 0.25) is 5.91 Å². The van der Waals surface area contributed by atoms with Crippen LogP contribution < -0.4 is 10.1 Å². The lowest BCUT2D eigenvalue weighted by molar-refractivity contribution is -0.117. The van der Waals surface area contributed by atoms with E-state index in [0.29, 0.717) is 54.7 Å². The van der Waals surface area contributed by atoms with Crippen molar-refractivity contribution in [1.29, 1.82) is 0 Å². The number of carbonyl (C=O) groups is 3. The highest BCUT2D eigenvalue weighted by atomic mass is 16.5. The Morgan fingerprint density at radius 3 is 2.03 bits per heavy atom. The van der Waals surface area contributed by atoms with Gasteiger partial charge in [0, 0.05) is 48.9 Å². The lowest BCUT2D eigenvalue weighted by atomic mass is 10.1. The average Bonchev–Trinajstić information content (AvgIpc) is 3.55. The molecule has 1 aliphatic carbocycles. The summed E-state index contributed by atoms with van der Waals surface area (Å²) in [5.41, 5.74) is 1.79. The fraction of sp³-hybridized carbons (Fsp3) is 0.375. The minimum absolute atomic E-state index is 0.0164. The first-order valence-corrected chi connectivity index (χ1v) is 10.6. The van der Waals surface area contributed by atoms with Gasteiger partial charge in [-0.25, -0.2) is 0 Å². The average molecular weight is 421 g/mol. The van der Waals surface area contributed by atoms with E-state index in [-0.39, 0.29) is 23.6 Å². The van der Waals surface area contributed by atoms with E-state index in [1.165, 1.54) is 0 Å². The van der Waals surface area contributed by atoms with Gasteiger partial charge in [0.15, 0.2) is 0 Å². The fourth-order valence-electron chi connectivity index (χ4n) is 3.86. The van der Waals surface area contributed by atoms with E-state index in [9.17, 15) is 14.4 Å². The van der Waals surface area contributed by atoms with E-state index in [4.69, 9.17) is 4.74 Å². The number of carbonyl (C=O) groups excluding carboxylic acids is 3. The molecule has 2 unspecified atom stereocenters. The van der Waals surface area contributed by atoms with Crippen LogP contribution >= 0.6 is 0 Å². The smallest absolute Gasteiger partial charge is 0.254 e. The standard InChI is InChI=1S/C24H27N3O4/c1-16-14-21(16)22(28)25-19-5-3-4-18(15-19)24(30)27-12-10-26(11-13-27)23(29)17-6-8-20(31-2)9-7-17/h3-9,15-16,21H,10-14H2,1-2H3,(H,25,28). The number of piperazine rings is 1. The molecule has 1 aliphatic heterocycles. The molecule has 2 aliphatic rings. The lowest BCUT2D eigenvalue weighted by Crippen LogP contribution is -2.50. The summed E-state index contributed by atoms with van der Waals surface area (Å²) in [4.78, 5) is 41.4. The van der Waals surface area contributed by atoms with Gasteiger partial charge in [-0.2, -0.15) is 0 Å². The highest BCUT2D eigenvalue weighted by molar-refractivity contribution is 5.99. The van der Waals surface area contributed by atoms with E-state index in [1.54, 1.807) is 65.4 Å². The van der Waals surface area contributed by atoms with Crippen molar-refractivity contribution in [2.24, 2.45) is 11.8 Å². The molecule has 4 rings (SSSR count). The number of amides is 3. The SMILES string of the molecule is COc1ccc(C(=O)N2CCN(C(=O)c3cccc(NC(=O)C4CC4C)c3)CC2)cc1. The van der Waals surface area contributed by atoms with E-state index in [1.807, 2.05) is 0 Å². The topological polar surface area (TPSA) is 79.0 Å². The maximum Gasteiger partial charge on any atom is 0.254 e. The van der Waals surface area contributed by atoms with Crippen molar-refractivity contribution >= 4 is 23.4 Å². The maximum atomic E-state index is 12.9. The Hall–Kier alpha value is -3.35. The summed E-state index contributed by atoms with van der Waals surface area (Å²) < 4.78 is 5.13. The van der Waals surface area contributed by atoms with Gasteiger partial charge in [-0.3, -0.25) is 14.4 Å². The number of nitrogens with zero attached hydrogens (tertiary/aromatic N) is 2. The van der Waals surface area contributed by atoms with E-state index < -0.39 is 0 Å². The van der Waals surface area contributed by atoms with Gasteiger partial charge in [0.1, 0.15) is 5.75 Å². The number of rotatable bonds is 5. The summed E-state index contributed by atoms with van der Waals surface area (Å²) in [6.07, 6.45) is 0.921. The zero-order valence-electron chi connectivity index (χ0n) is 17.8. The van der Waals surface area contributed by atoms with Gasteiger partial charge in [-0.05, 0) is 54.8 Å². The predicted molar refractivity (Wildman–Crippen MR) is 117 cm³/mol. The van der Waals surface area contributed by atoms with E-state index >= 15 is 0 Å². The molecule has 1 saturated carbocycles. The third-order valence-electron chi connectivity index (χ3n) is 6.01. The second-order valence-electron chi connectivity index (χ2n) is 8.20. The summed E-state index contributed by atoms with van der Waals surface area (Å²) in [5, 5.41) is 2.91. The van der Waals surface area contributed by atoms with Crippen LogP contribution in [0.3, 0.4) is 0 Å². The van der Waals surface area contributed by atoms with Crippen LogP contribution in [0, 0.1) is 11.8 Å². The summed E-state index contributed by atoms with van der Waals surface area (Å²) in [6.45, 7) is 3.95. The summed E-state index contributed by atoms with van der Waals surface area (Å²) >= 11 is 0. The molecule has 0 bridgehead atoms. The highest BCUT2D eigenvalue weighted by Crippen LogP contribution is 2.38. The molecular formula is C24H27N3O4. The molecule has 2 fully saturated rings. The fourth-order valence-corrected chi connectivity index (χ4v) is 3.86. The molecular weight excluding hydrogens is 394 g/mol. The minimum atomic E-state index is -0.0903. The van der Waals surface area contributed by atoms with Crippen molar-refractivity contribution < 1.29 is 19.1 Å². The molecule has 2 aromatic rings. The zero-order valence-corrected chi connectivity index (χ0v) is 17.8. The summed E-state index contributed by atoms with van der Waals surface area (Å²) in [6, 6.07) is 14.1. The van der Waals surface area contributed by atoms with Crippen LogP contribution in [0.4, 0.5) is 5.69 Å². The molecule has 7 heteroatoms. The van der Waals surface area contributed by atoms with Crippen LogP contribution in [-0.4, -0.2) is 60.8 Å². The highest BCUT2D eigenvalue weighted by Gasteiger charge is 2.39. The summed E-state index contributed by atoms with van der Waals surface area (Å²) in [7, 11) is 1.59. The molecule has 2 aromatic carbocycles. The Bertz CT molecular complexity index is 981. The first-order valence-electron chi connectivity index (χ1n) is 10.6. The molecule has 7 nitrogen and oxygen atoms in total. The van der Waals surface area contributed by atoms with Crippen molar-refractivity contribution in [3.8, 4) is 5.75 Å². The van der Waals surface area contributed by atoms with Crippen LogP contribution in [0.2, 0.25) is 0 Å². The first-order chi connectivity index (χ1) is 15.0. The largest absolute Gasteiger partial charge is 0.497 e. The molecule has 0 aromatic heterocycles. The number of hydrogen-bond donors (Lipinski definition) is 1. The molecule has 1 heterocycles. The Morgan fingerprint density at radius 1 is 0.903 bits per heavy atom. The van der Waals surface area contributed by atoms with Crippen molar-refractivity contribution in [1.82, 2.24) is 9.80 Å². The normalized spacial score (nSPS) is 20.2. The van der Waals surface area contributed by atoms with Gasteiger partial charge in [0.25, 0.3) is 11.8 Å². The van der Waals surface area contributed by atoms with Crippen molar-refractivity contribution in [2.75, 3.05) is 38.6 Å². The number of nitrogens with one attached hydrogen (secondary N) is 1. The number of anilines is 1. The van der Waals surface area contributed by atoms with Gasteiger partial charge in [-0.1, -0.05) is 13.0 Å². The van der Waals surface area contributed by atoms with Gasteiger partial charge in [-0.15, -0.1) is 0 Å². The van der Waals surface area contributed by atoms with Crippen LogP contribution in [-0.2, 0) is 4.79 Å². The molecule has 0 spiro atoms. The first kappa shape index (κ1) is 20.9. The number of benzene rings is 2. The molecule has 0 radical (unpaired) electrons. The molecule has 2 atom stereocenters. The predicted octanol–water partition coefficient (Wildman–Crippen LogP) is 2.89. The van der Waals surface area contributed by atoms with E-state index in [0.717, 1.165) is 6.42 Å². The Morgan fingerprint density at radius 2 is 1.48 bits per heavy atom. The number of hydrogen-bond acceptors (Lipinski definition) is 4. The van der Waals surface area contributed by atoms with Crippen molar-refractivity contribution in [3.05, 3.63) is 59.7 Å². The van der Waals surface area contributed by atoms with E-state index in [2.05, 4.69) is 12.2 Å². The lowest BCUT2D eigenvalue weighted by Gasteiger charge is -2.35. The van der Waals surface area contributed by atoms with Crippen LogP contribution in [0.25, 0.3) is 0 Å². The van der Waals surface area contributed by atoms with Crippen LogP contribution in [0.15, 0.2) is 48.5 Å². The molecule has 31 heavy (non-hydrogen) atoms. The van der Waals surface area contributed by atoms with Crippen molar-refractivity contribution in [3.63, 3.8) is 0 Å². The Labute approximate surface area is 182 Å². The third-order valence-corrected chi connectivity index (χ3v) is 6.01. The third kappa shape index (κ3) is 4.71. The number of ether oxygens (including phenoxy) is 1. The molecule has 162 valence electrons.